The molecule has 1 saturated heterocycles. The summed E-state index contributed by atoms with van der Waals surface area (Å²) < 4.78 is 11.0. The zero-order valence-electron chi connectivity index (χ0n) is 16.5. The van der Waals surface area contributed by atoms with Gasteiger partial charge in [-0.15, -0.1) is 0 Å². The smallest absolute Gasteiger partial charge is 0.251 e. The molecule has 0 aromatic heterocycles. The summed E-state index contributed by atoms with van der Waals surface area (Å²) in [5, 5.41) is 3.07. The fraction of sp³-hybridized carbons (Fsp3) is 0.550. The van der Waals surface area contributed by atoms with E-state index in [1.807, 2.05) is 0 Å². The lowest BCUT2D eigenvalue weighted by atomic mass is 10.1. The van der Waals surface area contributed by atoms with Crippen LogP contribution in [0.1, 0.15) is 49.9 Å². The number of halogens is 1. The third-order valence-electron chi connectivity index (χ3n) is 4.43. The van der Waals surface area contributed by atoms with E-state index in [1.165, 1.54) is 18.1 Å². The molecule has 0 spiro atoms. The first-order chi connectivity index (χ1) is 13.3. The molecule has 0 aliphatic carbocycles. The van der Waals surface area contributed by atoms with E-state index in [0.29, 0.717) is 54.1 Å². The molecule has 0 atom stereocenters. The van der Waals surface area contributed by atoms with Crippen molar-refractivity contribution in [3.05, 3.63) is 22.7 Å². The van der Waals surface area contributed by atoms with E-state index >= 15 is 0 Å². The van der Waals surface area contributed by atoms with Crippen LogP contribution in [-0.2, 0) is 9.59 Å². The molecule has 0 radical (unpaired) electrons. The number of nitrogens with zero attached hydrogens (tertiary/aromatic N) is 1. The fourth-order valence-electron chi connectivity index (χ4n) is 2.80. The van der Waals surface area contributed by atoms with Gasteiger partial charge in [-0.05, 0) is 30.9 Å². The Hall–Kier alpha value is -2.28. The van der Waals surface area contributed by atoms with Gasteiger partial charge in [-0.3, -0.25) is 19.3 Å². The van der Waals surface area contributed by atoms with Gasteiger partial charge in [0.25, 0.3) is 5.91 Å². The van der Waals surface area contributed by atoms with Crippen LogP contribution in [0.2, 0.25) is 5.02 Å². The average Bonchev–Trinajstić information content (AvgIpc) is 2.97. The summed E-state index contributed by atoms with van der Waals surface area (Å²) in [6.07, 6.45) is 1.92. The van der Waals surface area contributed by atoms with Crippen molar-refractivity contribution >= 4 is 29.3 Å². The number of carbonyl (C=O) groups excluding carboxylic acids is 3. The highest BCUT2D eigenvalue weighted by molar-refractivity contribution is 6.32. The average molecular weight is 411 g/mol. The monoisotopic (exact) mass is 410 g/mol. The van der Waals surface area contributed by atoms with Crippen molar-refractivity contribution in [2.75, 3.05) is 26.8 Å². The van der Waals surface area contributed by atoms with Crippen LogP contribution in [0, 0.1) is 5.92 Å². The van der Waals surface area contributed by atoms with E-state index in [9.17, 15) is 14.4 Å². The number of carbonyl (C=O) groups is 3. The van der Waals surface area contributed by atoms with Crippen molar-refractivity contribution in [2.24, 2.45) is 5.92 Å². The summed E-state index contributed by atoms with van der Waals surface area (Å²) in [5.41, 5.74) is 0.353. The molecule has 8 heteroatoms. The number of rotatable bonds is 10. The lowest BCUT2D eigenvalue weighted by molar-refractivity contribution is -0.138. The Balaban J connectivity index is 1.90. The SMILES string of the molecule is COc1cc(C(=O)NCCCN2C(=O)CCC2=O)cc(Cl)c1OCCC(C)C. The van der Waals surface area contributed by atoms with Crippen LogP contribution >= 0.6 is 11.6 Å². The number of imide groups is 1. The van der Waals surface area contributed by atoms with Crippen LogP contribution in [0.15, 0.2) is 12.1 Å². The van der Waals surface area contributed by atoms with Gasteiger partial charge in [-0.1, -0.05) is 25.4 Å². The lowest BCUT2D eigenvalue weighted by Crippen LogP contribution is -2.33. The highest BCUT2D eigenvalue weighted by Gasteiger charge is 2.28. The fourth-order valence-corrected chi connectivity index (χ4v) is 3.07. The molecule has 1 aliphatic rings. The molecule has 0 saturated carbocycles. The number of hydrogen-bond acceptors (Lipinski definition) is 5. The van der Waals surface area contributed by atoms with Crippen molar-refractivity contribution in [3.63, 3.8) is 0 Å². The molecule has 3 amide bonds. The van der Waals surface area contributed by atoms with Crippen molar-refractivity contribution < 1.29 is 23.9 Å². The van der Waals surface area contributed by atoms with E-state index in [1.54, 1.807) is 6.07 Å². The molecular formula is C20H27ClN2O5. The Morgan fingerprint density at radius 3 is 2.54 bits per heavy atom. The van der Waals surface area contributed by atoms with Crippen LogP contribution in [0.5, 0.6) is 11.5 Å². The zero-order valence-corrected chi connectivity index (χ0v) is 17.3. The van der Waals surface area contributed by atoms with Crippen molar-refractivity contribution in [2.45, 2.75) is 39.5 Å². The minimum atomic E-state index is -0.312. The molecule has 2 rings (SSSR count). The van der Waals surface area contributed by atoms with Gasteiger partial charge < -0.3 is 14.8 Å². The maximum Gasteiger partial charge on any atom is 0.251 e. The van der Waals surface area contributed by atoms with Gasteiger partial charge in [0.15, 0.2) is 11.5 Å². The molecule has 1 fully saturated rings. The van der Waals surface area contributed by atoms with E-state index in [0.717, 1.165) is 6.42 Å². The van der Waals surface area contributed by atoms with Crippen LogP contribution < -0.4 is 14.8 Å². The topological polar surface area (TPSA) is 84.9 Å². The number of nitrogens with one attached hydrogen (secondary N) is 1. The number of hydrogen-bond donors (Lipinski definition) is 1. The normalized spacial score (nSPS) is 14.0. The number of likely N-dealkylation sites (tertiary alicyclic amines) is 1. The van der Waals surface area contributed by atoms with E-state index in [2.05, 4.69) is 19.2 Å². The minimum absolute atomic E-state index is 0.152. The summed E-state index contributed by atoms with van der Waals surface area (Å²) in [6, 6.07) is 3.12. The first kappa shape index (κ1) is 22.0. The highest BCUT2D eigenvalue weighted by Crippen LogP contribution is 2.36. The number of amides is 3. The summed E-state index contributed by atoms with van der Waals surface area (Å²) >= 11 is 6.29. The lowest BCUT2D eigenvalue weighted by Gasteiger charge is -2.15. The summed E-state index contributed by atoms with van der Waals surface area (Å²) in [5.74, 6) is 0.706. The van der Waals surface area contributed by atoms with Crippen molar-refractivity contribution in [1.29, 1.82) is 0 Å². The predicted molar refractivity (Wildman–Crippen MR) is 106 cm³/mol. The Kier molecular flexibility index (Phi) is 8.11. The van der Waals surface area contributed by atoms with Crippen LogP contribution in [0.25, 0.3) is 0 Å². The van der Waals surface area contributed by atoms with Crippen LogP contribution in [0.4, 0.5) is 0 Å². The van der Waals surface area contributed by atoms with Gasteiger partial charge >= 0.3 is 0 Å². The zero-order chi connectivity index (χ0) is 20.7. The second kappa shape index (κ2) is 10.3. The molecule has 1 heterocycles. The molecule has 0 bridgehead atoms. The van der Waals surface area contributed by atoms with Crippen molar-refractivity contribution in [1.82, 2.24) is 10.2 Å². The summed E-state index contributed by atoms with van der Waals surface area (Å²) in [4.78, 5) is 36.8. The Bertz CT molecular complexity index is 720. The molecule has 7 nitrogen and oxygen atoms in total. The number of ether oxygens (including phenoxy) is 2. The molecule has 1 aromatic carbocycles. The minimum Gasteiger partial charge on any atom is -0.493 e. The summed E-state index contributed by atoms with van der Waals surface area (Å²) in [7, 11) is 1.49. The first-order valence-electron chi connectivity index (χ1n) is 9.45. The molecule has 1 N–H and O–H groups in total. The second-order valence-electron chi connectivity index (χ2n) is 7.07. The molecule has 0 unspecified atom stereocenters. The molecule has 1 aromatic rings. The van der Waals surface area contributed by atoms with Gasteiger partial charge in [0.2, 0.25) is 11.8 Å². The van der Waals surface area contributed by atoms with Crippen LogP contribution in [0.3, 0.4) is 0 Å². The third kappa shape index (κ3) is 5.86. The van der Waals surface area contributed by atoms with E-state index in [4.69, 9.17) is 21.1 Å². The van der Waals surface area contributed by atoms with Gasteiger partial charge in [-0.25, -0.2) is 0 Å². The van der Waals surface area contributed by atoms with Crippen molar-refractivity contribution in [3.8, 4) is 11.5 Å². The second-order valence-corrected chi connectivity index (χ2v) is 7.48. The van der Waals surface area contributed by atoms with Gasteiger partial charge in [0.05, 0.1) is 18.7 Å². The Morgan fingerprint density at radius 1 is 1.25 bits per heavy atom. The Labute approximate surface area is 170 Å². The maximum absolute atomic E-state index is 12.4. The van der Waals surface area contributed by atoms with Gasteiger partial charge in [0.1, 0.15) is 0 Å². The maximum atomic E-state index is 12.4. The molecule has 28 heavy (non-hydrogen) atoms. The molecule has 154 valence electrons. The van der Waals surface area contributed by atoms with Crippen LogP contribution in [-0.4, -0.2) is 49.4 Å². The van der Waals surface area contributed by atoms with Gasteiger partial charge in [-0.2, -0.15) is 0 Å². The largest absolute Gasteiger partial charge is 0.493 e. The van der Waals surface area contributed by atoms with Gasteiger partial charge in [0, 0.05) is 31.5 Å². The predicted octanol–water partition coefficient (Wildman–Crippen LogP) is 3.04. The number of methoxy groups -OCH3 is 1. The van der Waals surface area contributed by atoms with E-state index < -0.39 is 0 Å². The Morgan fingerprint density at radius 2 is 1.93 bits per heavy atom. The first-order valence-corrected chi connectivity index (χ1v) is 9.83. The molecule has 1 aliphatic heterocycles. The number of benzene rings is 1. The quantitative estimate of drug-likeness (QED) is 0.473. The molecular weight excluding hydrogens is 384 g/mol. The van der Waals surface area contributed by atoms with E-state index in [-0.39, 0.29) is 30.6 Å². The summed E-state index contributed by atoms with van der Waals surface area (Å²) in [6.45, 7) is 5.36. The standard InChI is InChI=1S/C20H27ClN2O5/c1-13(2)7-10-28-19-15(21)11-14(12-16(19)27-3)20(26)22-8-4-9-23-17(24)5-6-18(23)25/h11-13H,4-10H2,1-3H3,(H,22,26). The highest BCUT2D eigenvalue weighted by atomic mass is 35.5. The third-order valence-corrected chi connectivity index (χ3v) is 4.71.